The maximum atomic E-state index is 13.3. The predicted octanol–water partition coefficient (Wildman–Crippen LogP) is 2.34. The fourth-order valence-electron chi connectivity index (χ4n) is 1.58. The molecule has 1 aromatic rings. The summed E-state index contributed by atoms with van der Waals surface area (Å²) >= 11 is 0. The summed E-state index contributed by atoms with van der Waals surface area (Å²) in [4.78, 5) is 21.8. The number of carboxylic acid groups (broad SMARTS) is 1. The quantitative estimate of drug-likeness (QED) is 0.748. The highest BCUT2D eigenvalue weighted by molar-refractivity contribution is 5.94. The van der Waals surface area contributed by atoms with Crippen molar-refractivity contribution in [2.75, 3.05) is 6.54 Å². The second kappa shape index (κ2) is 7.45. The van der Waals surface area contributed by atoms with Crippen LogP contribution in [0, 0.1) is 11.6 Å². The van der Waals surface area contributed by atoms with Gasteiger partial charge in [-0.05, 0) is 25.0 Å². The highest BCUT2D eigenvalue weighted by Crippen LogP contribution is 2.11. The van der Waals surface area contributed by atoms with Gasteiger partial charge in [0.25, 0.3) is 5.91 Å². The van der Waals surface area contributed by atoms with Gasteiger partial charge in [-0.15, -0.1) is 0 Å². The van der Waals surface area contributed by atoms with Crippen molar-refractivity contribution in [1.82, 2.24) is 5.32 Å². The molecule has 0 aliphatic rings. The van der Waals surface area contributed by atoms with Gasteiger partial charge in [-0.25, -0.2) is 8.78 Å². The van der Waals surface area contributed by atoms with Crippen LogP contribution in [0.4, 0.5) is 8.78 Å². The van der Waals surface area contributed by atoms with Gasteiger partial charge in [0.15, 0.2) is 0 Å². The van der Waals surface area contributed by atoms with Crippen LogP contribution in [0.5, 0.6) is 0 Å². The lowest BCUT2D eigenvalue weighted by atomic mass is 10.1. The Bertz CT molecular complexity index is 443. The van der Waals surface area contributed by atoms with Crippen LogP contribution in [-0.2, 0) is 4.79 Å². The van der Waals surface area contributed by atoms with Gasteiger partial charge in [-0.3, -0.25) is 9.59 Å². The first-order chi connectivity index (χ1) is 9.02. The van der Waals surface area contributed by atoms with E-state index >= 15 is 0 Å². The second-order valence-corrected chi connectivity index (χ2v) is 4.06. The lowest BCUT2D eigenvalue weighted by Gasteiger charge is -2.06. The van der Waals surface area contributed by atoms with Crippen LogP contribution in [0.2, 0.25) is 0 Å². The minimum Gasteiger partial charge on any atom is -0.481 e. The lowest BCUT2D eigenvalue weighted by Crippen LogP contribution is -2.26. The van der Waals surface area contributed by atoms with Crippen LogP contribution in [0.3, 0.4) is 0 Å². The van der Waals surface area contributed by atoms with E-state index in [2.05, 4.69) is 5.32 Å². The number of halogens is 2. The smallest absolute Gasteiger partial charge is 0.303 e. The zero-order valence-corrected chi connectivity index (χ0v) is 10.3. The Morgan fingerprint density at radius 1 is 1.11 bits per heavy atom. The van der Waals surface area contributed by atoms with Crippen molar-refractivity contribution < 1.29 is 23.5 Å². The Hall–Kier alpha value is -1.98. The van der Waals surface area contributed by atoms with Gasteiger partial charge in [-0.1, -0.05) is 12.5 Å². The summed E-state index contributed by atoms with van der Waals surface area (Å²) in [7, 11) is 0. The third-order valence-electron chi connectivity index (χ3n) is 2.54. The number of benzene rings is 1. The minimum atomic E-state index is -0.900. The van der Waals surface area contributed by atoms with Crippen molar-refractivity contribution in [1.29, 1.82) is 0 Å². The fourth-order valence-corrected chi connectivity index (χ4v) is 1.58. The summed E-state index contributed by atoms with van der Waals surface area (Å²) in [5, 5.41) is 10.8. The van der Waals surface area contributed by atoms with Crippen LogP contribution in [-0.4, -0.2) is 23.5 Å². The number of hydrogen-bond donors (Lipinski definition) is 2. The topological polar surface area (TPSA) is 66.4 Å². The van der Waals surface area contributed by atoms with Crippen molar-refractivity contribution in [2.24, 2.45) is 0 Å². The standard InChI is InChI=1S/C13H15F2NO3/c14-9-5-4-6-10(15)12(9)13(19)16-8-3-1-2-7-11(17)18/h4-6H,1-3,7-8H2,(H,16,19)(H,17,18). The Balaban J connectivity index is 2.34. The van der Waals surface area contributed by atoms with E-state index in [0.29, 0.717) is 19.3 Å². The zero-order chi connectivity index (χ0) is 14.3. The number of amides is 1. The summed E-state index contributed by atoms with van der Waals surface area (Å²) in [6.45, 7) is 0.256. The van der Waals surface area contributed by atoms with E-state index in [-0.39, 0.29) is 13.0 Å². The van der Waals surface area contributed by atoms with Crippen molar-refractivity contribution in [3.63, 3.8) is 0 Å². The van der Waals surface area contributed by atoms with Crippen molar-refractivity contribution in [3.05, 3.63) is 35.4 Å². The molecule has 0 unspecified atom stereocenters. The molecule has 1 rings (SSSR count). The van der Waals surface area contributed by atoms with Crippen LogP contribution in [0.25, 0.3) is 0 Å². The first-order valence-corrected chi connectivity index (χ1v) is 5.96. The summed E-state index contributed by atoms with van der Waals surface area (Å²) in [5.41, 5.74) is -0.590. The molecule has 0 heterocycles. The normalized spacial score (nSPS) is 10.2. The summed E-state index contributed by atoms with van der Waals surface area (Å²) in [6.07, 6.45) is 1.79. The zero-order valence-electron chi connectivity index (χ0n) is 10.3. The summed E-state index contributed by atoms with van der Waals surface area (Å²) in [6, 6.07) is 3.23. The van der Waals surface area contributed by atoms with Crippen LogP contribution < -0.4 is 5.32 Å². The Morgan fingerprint density at radius 2 is 1.74 bits per heavy atom. The van der Waals surface area contributed by atoms with Crippen LogP contribution >= 0.6 is 0 Å². The van der Waals surface area contributed by atoms with E-state index in [4.69, 9.17) is 5.11 Å². The summed E-state index contributed by atoms with van der Waals surface area (Å²) in [5.74, 6) is -3.46. The average Bonchev–Trinajstić information content (AvgIpc) is 2.33. The molecule has 2 N–H and O–H groups in total. The van der Waals surface area contributed by atoms with Gasteiger partial charge >= 0.3 is 5.97 Å². The third kappa shape index (κ3) is 5.03. The highest BCUT2D eigenvalue weighted by Gasteiger charge is 2.15. The molecule has 6 heteroatoms. The molecule has 1 amide bonds. The predicted molar refractivity (Wildman–Crippen MR) is 64.8 cm³/mol. The maximum Gasteiger partial charge on any atom is 0.303 e. The van der Waals surface area contributed by atoms with Gasteiger partial charge in [0, 0.05) is 13.0 Å². The molecule has 0 aliphatic heterocycles. The number of nitrogens with one attached hydrogen (secondary N) is 1. The molecule has 1 aromatic carbocycles. The second-order valence-electron chi connectivity index (χ2n) is 4.06. The molecule has 104 valence electrons. The van der Waals surface area contributed by atoms with Crippen molar-refractivity contribution in [2.45, 2.75) is 25.7 Å². The van der Waals surface area contributed by atoms with Gasteiger partial charge in [-0.2, -0.15) is 0 Å². The SMILES string of the molecule is O=C(O)CCCCCNC(=O)c1c(F)cccc1F. The Morgan fingerprint density at radius 3 is 2.32 bits per heavy atom. The molecule has 0 saturated heterocycles. The van der Waals surface area contributed by atoms with Crippen LogP contribution in [0.1, 0.15) is 36.0 Å². The molecule has 0 radical (unpaired) electrons. The number of aliphatic carboxylic acids is 1. The van der Waals surface area contributed by atoms with Gasteiger partial charge < -0.3 is 10.4 Å². The van der Waals surface area contributed by atoms with Gasteiger partial charge in [0.2, 0.25) is 0 Å². The molecule has 0 fully saturated rings. The number of carbonyl (C=O) groups is 2. The molecule has 0 saturated carbocycles. The molecule has 0 atom stereocenters. The number of rotatable bonds is 7. The van der Waals surface area contributed by atoms with E-state index < -0.39 is 29.1 Å². The van der Waals surface area contributed by atoms with E-state index in [9.17, 15) is 18.4 Å². The largest absolute Gasteiger partial charge is 0.481 e. The van der Waals surface area contributed by atoms with E-state index in [1.807, 2.05) is 0 Å². The van der Waals surface area contributed by atoms with E-state index in [1.54, 1.807) is 0 Å². The number of unbranched alkanes of at least 4 members (excludes halogenated alkanes) is 2. The Kier molecular flexibility index (Phi) is 5.92. The molecular weight excluding hydrogens is 256 g/mol. The van der Waals surface area contributed by atoms with E-state index in [0.717, 1.165) is 12.1 Å². The average molecular weight is 271 g/mol. The summed E-state index contributed by atoms with van der Waals surface area (Å²) < 4.78 is 26.5. The first-order valence-electron chi connectivity index (χ1n) is 5.96. The molecule has 0 aromatic heterocycles. The highest BCUT2D eigenvalue weighted by atomic mass is 19.1. The van der Waals surface area contributed by atoms with E-state index in [1.165, 1.54) is 6.07 Å². The third-order valence-corrected chi connectivity index (χ3v) is 2.54. The fraction of sp³-hybridized carbons (Fsp3) is 0.385. The van der Waals surface area contributed by atoms with Gasteiger partial charge in [0.1, 0.15) is 17.2 Å². The number of hydrogen-bond acceptors (Lipinski definition) is 2. The minimum absolute atomic E-state index is 0.0793. The first kappa shape index (κ1) is 15.1. The maximum absolute atomic E-state index is 13.3. The molecule has 0 spiro atoms. The van der Waals surface area contributed by atoms with Crippen molar-refractivity contribution in [3.8, 4) is 0 Å². The number of carbonyl (C=O) groups excluding carboxylic acids is 1. The van der Waals surface area contributed by atoms with Crippen LogP contribution in [0.15, 0.2) is 18.2 Å². The van der Waals surface area contributed by atoms with Crippen molar-refractivity contribution >= 4 is 11.9 Å². The molecule has 4 nitrogen and oxygen atoms in total. The Labute approximate surface area is 109 Å². The monoisotopic (exact) mass is 271 g/mol. The molecule has 0 bridgehead atoms. The molecular formula is C13H15F2NO3. The molecule has 19 heavy (non-hydrogen) atoms. The number of carboxylic acids is 1. The molecule has 0 aliphatic carbocycles. The lowest BCUT2D eigenvalue weighted by molar-refractivity contribution is -0.137. The van der Waals surface area contributed by atoms with Gasteiger partial charge in [0.05, 0.1) is 0 Å².